The smallest absolute Gasteiger partial charge is 0.184 e. The summed E-state index contributed by atoms with van der Waals surface area (Å²) in [5.41, 5.74) is 2.76. The van der Waals surface area contributed by atoms with Gasteiger partial charge in [0.15, 0.2) is 11.5 Å². The van der Waals surface area contributed by atoms with E-state index >= 15 is 0 Å². The van der Waals surface area contributed by atoms with E-state index < -0.39 is 0 Å². The third-order valence-corrected chi connectivity index (χ3v) is 3.34. The first-order chi connectivity index (χ1) is 9.67. The first kappa shape index (κ1) is 14.5. The first-order valence-electron chi connectivity index (χ1n) is 6.22. The quantitative estimate of drug-likeness (QED) is 0.913. The Balaban J connectivity index is 2.23. The van der Waals surface area contributed by atoms with Crippen LogP contribution >= 0.6 is 11.6 Å². The van der Waals surface area contributed by atoms with Gasteiger partial charge in [-0.3, -0.25) is 4.98 Å². The predicted molar refractivity (Wildman–Crippen MR) is 80.9 cm³/mol. The molecule has 0 saturated heterocycles. The molecule has 0 aliphatic rings. The van der Waals surface area contributed by atoms with Gasteiger partial charge >= 0.3 is 0 Å². The van der Waals surface area contributed by atoms with Crippen molar-refractivity contribution in [2.24, 2.45) is 0 Å². The fourth-order valence-corrected chi connectivity index (χ4v) is 2.29. The van der Waals surface area contributed by atoms with Gasteiger partial charge in [-0.1, -0.05) is 23.7 Å². The van der Waals surface area contributed by atoms with Crippen LogP contribution < -0.4 is 14.8 Å². The largest absolute Gasteiger partial charge is 0.493 e. The van der Waals surface area contributed by atoms with Crippen LogP contribution in [0, 0.1) is 6.92 Å². The van der Waals surface area contributed by atoms with Crippen LogP contribution in [-0.4, -0.2) is 19.2 Å². The highest BCUT2D eigenvalue weighted by atomic mass is 35.5. The van der Waals surface area contributed by atoms with Crippen molar-refractivity contribution in [3.05, 3.63) is 46.7 Å². The molecule has 0 aliphatic carbocycles. The third kappa shape index (κ3) is 2.96. The summed E-state index contributed by atoms with van der Waals surface area (Å²) in [5, 5.41) is 3.98. The molecule has 0 aliphatic heterocycles. The zero-order valence-electron chi connectivity index (χ0n) is 11.7. The number of nitrogens with zero attached hydrogens (tertiary/aromatic N) is 1. The van der Waals surface area contributed by atoms with Crippen molar-refractivity contribution in [2.45, 2.75) is 13.5 Å². The predicted octanol–water partition coefficient (Wildman–Crippen LogP) is 3.67. The van der Waals surface area contributed by atoms with Gasteiger partial charge in [0.25, 0.3) is 0 Å². The van der Waals surface area contributed by atoms with Crippen LogP contribution in [0.15, 0.2) is 30.5 Å². The minimum Gasteiger partial charge on any atom is -0.493 e. The van der Waals surface area contributed by atoms with E-state index in [-0.39, 0.29) is 0 Å². The van der Waals surface area contributed by atoms with Crippen molar-refractivity contribution in [2.75, 3.05) is 19.5 Å². The van der Waals surface area contributed by atoms with Gasteiger partial charge in [-0.15, -0.1) is 0 Å². The van der Waals surface area contributed by atoms with Gasteiger partial charge in [-0.25, -0.2) is 0 Å². The average Bonchev–Trinajstić information content (AvgIpc) is 2.46. The lowest BCUT2D eigenvalue weighted by Gasteiger charge is -2.14. The summed E-state index contributed by atoms with van der Waals surface area (Å²) in [4.78, 5) is 4.32. The van der Waals surface area contributed by atoms with Crippen LogP contribution in [0.25, 0.3) is 0 Å². The Kier molecular flexibility index (Phi) is 4.69. The minimum absolute atomic E-state index is 0.505. The number of hydrogen-bond acceptors (Lipinski definition) is 4. The summed E-state index contributed by atoms with van der Waals surface area (Å²) in [6.07, 6.45) is 1.69. The lowest BCUT2D eigenvalue weighted by atomic mass is 10.2. The third-order valence-electron chi connectivity index (χ3n) is 3.02. The highest BCUT2D eigenvalue weighted by Gasteiger charge is 2.11. The van der Waals surface area contributed by atoms with E-state index in [9.17, 15) is 0 Å². The standard InChI is InChI=1S/C15H17ClN2O2/c1-10-5-4-6-11(16)14(10)18-9-12-15(20-3)13(19-2)7-8-17-12/h4-8,18H,9H2,1-3H3. The van der Waals surface area contributed by atoms with E-state index in [0.29, 0.717) is 23.1 Å². The summed E-state index contributed by atoms with van der Waals surface area (Å²) >= 11 is 6.19. The Morgan fingerprint density at radius 1 is 1.20 bits per heavy atom. The van der Waals surface area contributed by atoms with Crippen LogP contribution in [0.3, 0.4) is 0 Å². The number of ether oxygens (including phenoxy) is 2. The Morgan fingerprint density at radius 3 is 2.65 bits per heavy atom. The Hall–Kier alpha value is -1.94. The monoisotopic (exact) mass is 292 g/mol. The number of para-hydroxylation sites is 1. The maximum Gasteiger partial charge on any atom is 0.184 e. The zero-order valence-corrected chi connectivity index (χ0v) is 12.5. The lowest BCUT2D eigenvalue weighted by Crippen LogP contribution is -2.06. The molecule has 4 nitrogen and oxygen atoms in total. The normalized spacial score (nSPS) is 10.2. The molecule has 1 aromatic carbocycles. The molecule has 106 valence electrons. The van der Waals surface area contributed by atoms with Crippen LogP contribution in [0.1, 0.15) is 11.3 Å². The molecule has 0 radical (unpaired) electrons. The molecular formula is C15H17ClN2O2. The second kappa shape index (κ2) is 6.48. The number of rotatable bonds is 5. The maximum absolute atomic E-state index is 6.19. The molecule has 0 atom stereocenters. The van der Waals surface area contributed by atoms with Gasteiger partial charge in [0.2, 0.25) is 0 Å². The molecule has 2 rings (SSSR count). The number of pyridine rings is 1. The zero-order chi connectivity index (χ0) is 14.5. The van der Waals surface area contributed by atoms with Gasteiger partial charge in [0.1, 0.15) is 5.69 Å². The summed E-state index contributed by atoms with van der Waals surface area (Å²) in [6.45, 7) is 2.51. The van der Waals surface area contributed by atoms with Crippen LogP contribution in [0.2, 0.25) is 5.02 Å². The number of hydrogen-bond donors (Lipinski definition) is 1. The molecule has 0 amide bonds. The molecule has 1 N–H and O–H groups in total. The number of aromatic nitrogens is 1. The molecule has 1 aromatic heterocycles. The van der Waals surface area contributed by atoms with Crippen LogP contribution in [0.4, 0.5) is 5.69 Å². The minimum atomic E-state index is 0.505. The number of nitrogens with one attached hydrogen (secondary N) is 1. The fourth-order valence-electron chi connectivity index (χ4n) is 2.00. The van der Waals surface area contributed by atoms with Crippen molar-refractivity contribution in [1.82, 2.24) is 4.98 Å². The second-order valence-electron chi connectivity index (χ2n) is 4.28. The van der Waals surface area contributed by atoms with Gasteiger partial charge in [-0.05, 0) is 18.6 Å². The van der Waals surface area contributed by atoms with E-state index in [4.69, 9.17) is 21.1 Å². The number of methoxy groups -OCH3 is 2. The van der Waals surface area contributed by atoms with Gasteiger partial charge in [0.05, 0.1) is 31.5 Å². The number of benzene rings is 1. The number of anilines is 1. The average molecular weight is 293 g/mol. The van der Waals surface area contributed by atoms with Crippen molar-refractivity contribution in [3.63, 3.8) is 0 Å². The number of halogens is 1. The van der Waals surface area contributed by atoms with Gasteiger partial charge in [0, 0.05) is 12.3 Å². The maximum atomic E-state index is 6.19. The van der Waals surface area contributed by atoms with E-state index in [1.54, 1.807) is 26.5 Å². The summed E-state index contributed by atoms with van der Waals surface area (Å²) in [7, 11) is 3.21. The first-order valence-corrected chi connectivity index (χ1v) is 6.60. The molecule has 0 spiro atoms. The topological polar surface area (TPSA) is 43.4 Å². The molecule has 20 heavy (non-hydrogen) atoms. The summed E-state index contributed by atoms with van der Waals surface area (Å²) in [5.74, 6) is 1.29. The highest BCUT2D eigenvalue weighted by Crippen LogP contribution is 2.31. The van der Waals surface area contributed by atoms with E-state index in [0.717, 1.165) is 16.9 Å². The van der Waals surface area contributed by atoms with E-state index in [2.05, 4.69) is 10.3 Å². The summed E-state index contributed by atoms with van der Waals surface area (Å²) < 4.78 is 10.6. The van der Waals surface area contributed by atoms with E-state index in [1.165, 1.54) is 0 Å². The summed E-state index contributed by atoms with van der Waals surface area (Å²) in [6, 6.07) is 7.55. The molecule has 0 unspecified atom stereocenters. The number of aryl methyl sites for hydroxylation is 1. The molecule has 2 aromatic rings. The van der Waals surface area contributed by atoms with Crippen molar-refractivity contribution >= 4 is 17.3 Å². The second-order valence-corrected chi connectivity index (χ2v) is 4.69. The van der Waals surface area contributed by atoms with Crippen molar-refractivity contribution in [3.8, 4) is 11.5 Å². The Morgan fingerprint density at radius 2 is 2.00 bits per heavy atom. The molecular weight excluding hydrogens is 276 g/mol. The molecule has 1 heterocycles. The Labute approximate surface area is 123 Å². The molecule has 0 bridgehead atoms. The van der Waals surface area contributed by atoms with Crippen molar-refractivity contribution in [1.29, 1.82) is 0 Å². The molecule has 5 heteroatoms. The highest BCUT2D eigenvalue weighted by molar-refractivity contribution is 6.33. The van der Waals surface area contributed by atoms with Crippen LogP contribution in [-0.2, 0) is 6.54 Å². The SMILES string of the molecule is COc1ccnc(CNc2c(C)cccc2Cl)c1OC. The molecule has 0 fully saturated rings. The van der Waals surface area contributed by atoms with Gasteiger partial charge in [-0.2, -0.15) is 0 Å². The van der Waals surface area contributed by atoms with Gasteiger partial charge < -0.3 is 14.8 Å². The molecule has 0 saturated carbocycles. The lowest BCUT2D eigenvalue weighted by molar-refractivity contribution is 0.350. The fraction of sp³-hybridized carbons (Fsp3) is 0.267. The van der Waals surface area contributed by atoms with Crippen molar-refractivity contribution < 1.29 is 9.47 Å². The Bertz CT molecular complexity index is 582. The van der Waals surface area contributed by atoms with E-state index in [1.807, 2.05) is 25.1 Å². The van der Waals surface area contributed by atoms with Crippen LogP contribution in [0.5, 0.6) is 11.5 Å².